The normalized spacial score (nSPS) is 10.5. The van der Waals surface area contributed by atoms with E-state index in [0.717, 1.165) is 22.6 Å². The Kier molecular flexibility index (Phi) is 6.47. The van der Waals surface area contributed by atoms with Crippen LogP contribution in [-0.2, 0) is 0 Å². The van der Waals surface area contributed by atoms with E-state index >= 15 is 0 Å². The summed E-state index contributed by atoms with van der Waals surface area (Å²) in [5.74, 6) is 1.25. The summed E-state index contributed by atoms with van der Waals surface area (Å²) >= 11 is 1.52. The topological polar surface area (TPSA) is 58.9 Å². The molecular formula is C18H22O4S. The van der Waals surface area contributed by atoms with Crippen LogP contribution in [0.5, 0.6) is 23.0 Å². The van der Waals surface area contributed by atoms with Crippen LogP contribution in [0.25, 0.3) is 0 Å². The lowest BCUT2D eigenvalue weighted by Crippen LogP contribution is -1.96. The summed E-state index contributed by atoms with van der Waals surface area (Å²) in [6.45, 7) is 5.17. The van der Waals surface area contributed by atoms with E-state index in [1.54, 1.807) is 12.1 Å². The third kappa shape index (κ3) is 4.99. The van der Waals surface area contributed by atoms with Crippen molar-refractivity contribution in [3.8, 4) is 23.0 Å². The average Bonchev–Trinajstić information content (AvgIpc) is 2.55. The lowest BCUT2D eigenvalue weighted by molar-refractivity contribution is 0.298. The first-order valence-electron chi connectivity index (χ1n) is 7.73. The van der Waals surface area contributed by atoms with Crippen LogP contribution >= 0.6 is 11.8 Å². The summed E-state index contributed by atoms with van der Waals surface area (Å²) in [7, 11) is 0. The molecule has 0 aliphatic heterocycles. The molecule has 2 aromatic rings. The first-order chi connectivity index (χ1) is 11.1. The van der Waals surface area contributed by atoms with Gasteiger partial charge in [-0.15, -0.1) is 0 Å². The number of hydrogen-bond acceptors (Lipinski definition) is 5. The lowest BCUT2D eigenvalue weighted by atomic mass is 10.3. The van der Waals surface area contributed by atoms with Crippen molar-refractivity contribution in [3.05, 3.63) is 36.4 Å². The zero-order valence-corrected chi connectivity index (χ0v) is 14.2. The lowest BCUT2D eigenvalue weighted by Gasteiger charge is -2.11. The maximum Gasteiger partial charge on any atom is 0.162 e. The van der Waals surface area contributed by atoms with Gasteiger partial charge in [0.15, 0.2) is 23.0 Å². The Hall–Kier alpha value is -2.01. The maximum absolute atomic E-state index is 9.82. The Labute approximate surface area is 141 Å². The Morgan fingerprint density at radius 2 is 1.22 bits per heavy atom. The van der Waals surface area contributed by atoms with Gasteiger partial charge in [0.2, 0.25) is 0 Å². The molecule has 0 bridgehead atoms. The van der Waals surface area contributed by atoms with Crippen LogP contribution in [0.15, 0.2) is 46.2 Å². The molecule has 0 amide bonds. The van der Waals surface area contributed by atoms with E-state index in [1.807, 2.05) is 38.1 Å². The van der Waals surface area contributed by atoms with Gasteiger partial charge in [0.1, 0.15) is 0 Å². The fourth-order valence-electron chi connectivity index (χ4n) is 1.91. The fraction of sp³-hybridized carbons (Fsp3) is 0.333. The highest BCUT2D eigenvalue weighted by molar-refractivity contribution is 7.99. The molecule has 0 aliphatic rings. The fourth-order valence-corrected chi connectivity index (χ4v) is 2.78. The molecule has 0 unspecified atom stereocenters. The minimum atomic E-state index is 0.139. The Morgan fingerprint density at radius 1 is 0.783 bits per heavy atom. The molecular weight excluding hydrogens is 312 g/mol. The second-order valence-electron chi connectivity index (χ2n) is 5.06. The minimum absolute atomic E-state index is 0.139. The Balaban J connectivity index is 2.15. The molecule has 0 heterocycles. The molecule has 0 radical (unpaired) electrons. The number of phenolic OH excluding ortho intramolecular Hbond substituents is 2. The first-order valence-corrected chi connectivity index (χ1v) is 8.55. The van der Waals surface area contributed by atoms with Gasteiger partial charge in [-0.25, -0.2) is 0 Å². The standard InChI is InChI=1S/C18H22O4S/c1-3-9-21-17-11-13(5-7-15(17)19)23-14-6-8-16(20)18(12-14)22-10-4-2/h5-8,11-12,19-20H,3-4,9-10H2,1-2H3. The highest BCUT2D eigenvalue weighted by Crippen LogP contribution is 2.38. The van der Waals surface area contributed by atoms with Crippen LogP contribution in [-0.4, -0.2) is 23.4 Å². The molecule has 0 saturated heterocycles. The largest absolute Gasteiger partial charge is 0.504 e. The molecule has 2 rings (SSSR count). The SMILES string of the molecule is CCCOc1cc(Sc2ccc(O)c(OCCC)c2)ccc1O. The van der Waals surface area contributed by atoms with Crippen LogP contribution in [0.3, 0.4) is 0 Å². The second kappa shape index (κ2) is 8.58. The van der Waals surface area contributed by atoms with Crippen molar-refractivity contribution in [1.82, 2.24) is 0 Å². The van der Waals surface area contributed by atoms with E-state index in [0.29, 0.717) is 24.7 Å². The quantitative estimate of drug-likeness (QED) is 0.724. The van der Waals surface area contributed by atoms with Gasteiger partial charge < -0.3 is 19.7 Å². The van der Waals surface area contributed by atoms with E-state index in [1.165, 1.54) is 11.8 Å². The molecule has 0 fully saturated rings. The summed E-state index contributed by atoms with van der Waals surface area (Å²) < 4.78 is 11.1. The van der Waals surface area contributed by atoms with Crippen molar-refractivity contribution in [2.75, 3.05) is 13.2 Å². The molecule has 0 saturated carbocycles. The Morgan fingerprint density at radius 3 is 1.61 bits per heavy atom. The summed E-state index contributed by atoms with van der Waals surface area (Å²) in [5.41, 5.74) is 0. The monoisotopic (exact) mass is 334 g/mol. The molecule has 2 N–H and O–H groups in total. The van der Waals surface area contributed by atoms with Crippen molar-refractivity contribution >= 4 is 11.8 Å². The summed E-state index contributed by atoms with van der Waals surface area (Å²) in [4.78, 5) is 1.89. The van der Waals surface area contributed by atoms with Gasteiger partial charge in [0.05, 0.1) is 13.2 Å². The number of aromatic hydroxyl groups is 2. The van der Waals surface area contributed by atoms with Gasteiger partial charge in [0, 0.05) is 9.79 Å². The van der Waals surface area contributed by atoms with Crippen LogP contribution in [0.4, 0.5) is 0 Å². The molecule has 124 valence electrons. The van der Waals surface area contributed by atoms with E-state index < -0.39 is 0 Å². The zero-order chi connectivity index (χ0) is 16.7. The van der Waals surface area contributed by atoms with Crippen molar-refractivity contribution in [2.45, 2.75) is 36.5 Å². The highest BCUT2D eigenvalue weighted by Gasteiger charge is 2.08. The van der Waals surface area contributed by atoms with Crippen molar-refractivity contribution < 1.29 is 19.7 Å². The molecule has 0 spiro atoms. The van der Waals surface area contributed by atoms with Crippen LogP contribution in [0, 0.1) is 0 Å². The maximum atomic E-state index is 9.82. The number of benzene rings is 2. The number of hydrogen-bond donors (Lipinski definition) is 2. The minimum Gasteiger partial charge on any atom is -0.504 e. The number of ether oxygens (including phenoxy) is 2. The molecule has 0 aliphatic carbocycles. The molecule has 0 aromatic heterocycles. The van der Waals surface area contributed by atoms with Crippen molar-refractivity contribution in [1.29, 1.82) is 0 Å². The molecule has 23 heavy (non-hydrogen) atoms. The third-order valence-electron chi connectivity index (χ3n) is 3.02. The van der Waals surface area contributed by atoms with Crippen LogP contribution in [0.2, 0.25) is 0 Å². The summed E-state index contributed by atoms with van der Waals surface area (Å²) in [5, 5.41) is 19.6. The van der Waals surface area contributed by atoms with Crippen molar-refractivity contribution in [3.63, 3.8) is 0 Å². The summed E-state index contributed by atoms with van der Waals surface area (Å²) in [6, 6.07) is 10.5. The van der Waals surface area contributed by atoms with Gasteiger partial charge in [0.25, 0.3) is 0 Å². The predicted octanol–water partition coefficient (Wildman–Crippen LogP) is 4.83. The van der Waals surface area contributed by atoms with E-state index in [4.69, 9.17) is 9.47 Å². The zero-order valence-electron chi connectivity index (χ0n) is 13.4. The molecule has 0 atom stereocenters. The smallest absolute Gasteiger partial charge is 0.162 e. The van der Waals surface area contributed by atoms with E-state index in [9.17, 15) is 10.2 Å². The van der Waals surface area contributed by atoms with Gasteiger partial charge >= 0.3 is 0 Å². The van der Waals surface area contributed by atoms with E-state index in [-0.39, 0.29) is 11.5 Å². The highest BCUT2D eigenvalue weighted by atomic mass is 32.2. The van der Waals surface area contributed by atoms with Gasteiger partial charge in [-0.2, -0.15) is 0 Å². The average molecular weight is 334 g/mol. The molecule has 4 nitrogen and oxygen atoms in total. The van der Waals surface area contributed by atoms with Gasteiger partial charge in [-0.1, -0.05) is 25.6 Å². The number of rotatable bonds is 8. The van der Waals surface area contributed by atoms with E-state index in [2.05, 4.69) is 0 Å². The van der Waals surface area contributed by atoms with Crippen LogP contribution < -0.4 is 9.47 Å². The third-order valence-corrected chi connectivity index (χ3v) is 4.00. The first kappa shape index (κ1) is 17.3. The molecule has 5 heteroatoms. The van der Waals surface area contributed by atoms with Gasteiger partial charge in [-0.3, -0.25) is 0 Å². The number of phenols is 2. The summed E-state index contributed by atoms with van der Waals surface area (Å²) in [6.07, 6.45) is 1.76. The predicted molar refractivity (Wildman–Crippen MR) is 91.9 cm³/mol. The van der Waals surface area contributed by atoms with Crippen molar-refractivity contribution in [2.24, 2.45) is 0 Å². The van der Waals surface area contributed by atoms with Gasteiger partial charge in [-0.05, 0) is 49.2 Å². The van der Waals surface area contributed by atoms with Crippen LogP contribution in [0.1, 0.15) is 26.7 Å². The molecule has 2 aromatic carbocycles. The Bertz CT molecular complexity index is 587. The second-order valence-corrected chi connectivity index (χ2v) is 6.20.